The van der Waals surface area contributed by atoms with Gasteiger partial charge in [0.05, 0.1) is 12.5 Å². The number of likely N-dealkylation sites (tertiary alicyclic amines) is 2. The molecule has 3 aliphatic rings. The Hall–Kier alpha value is -3.73. The highest BCUT2D eigenvalue weighted by atomic mass is 19.1. The van der Waals surface area contributed by atoms with Crippen molar-refractivity contribution in [3.8, 4) is 0 Å². The second-order valence-corrected chi connectivity index (χ2v) is 15.5. The van der Waals surface area contributed by atoms with Crippen LogP contribution in [0.2, 0.25) is 0 Å². The molecule has 0 aromatic heterocycles. The van der Waals surface area contributed by atoms with E-state index in [2.05, 4.69) is 5.32 Å². The second kappa shape index (κ2) is 14.8. The number of nitrogens with one attached hydrogen (secondary N) is 1. The molecule has 48 heavy (non-hydrogen) atoms. The van der Waals surface area contributed by atoms with Crippen LogP contribution in [0.15, 0.2) is 48.3 Å². The number of carbonyl (C=O) groups is 4. The maximum Gasteiger partial charge on any atom is 0.408 e. The summed E-state index contributed by atoms with van der Waals surface area (Å²) in [6, 6.07) is 6.56. The third kappa shape index (κ3) is 10.1. The molecule has 0 saturated carbocycles. The Bertz CT molecular complexity index is 1410. The number of ether oxygens (including phenoxy) is 3. The van der Waals surface area contributed by atoms with E-state index in [0.29, 0.717) is 38.9 Å². The molecule has 0 bridgehead atoms. The minimum Gasteiger partial charge on any atom is -0.458 e. The fourth-order valence-electron chi connectivity index (χ4n) is 6.52. The predicted molar refractivity (Wildman–Crippen MR) is 179 cm³/mol. The number of nitrogens with zero attached hydrogens (tertiary/aromatic N) is 2. The largest absolute Gasteiger partial charge is 0.458 e. The fraction of sp³-hybridized carbons (Fsp3) is 0.622. The van der Waals surface area contributed by atoms with Crippen LogP contribution in [0, 0.1) is 18.3 Å². The number of carbonyl (C=O) groups excluding carboxylic acids is 4. The number of alkyl carbamates (subject to hydrolysis) is 1. The molecule has 11 heteroatoms. The normalized spacial score (nSPS) is 25.7. The Kier molecular flexibility index (Phi) is 11.4. The Morgan fingerprint density at radius 3 is 2.27 bits per heavy atom. The van der Waals surface area contributed by atoms with E-state index < -0.39 is 53.3 Å². The summed E-state index contributed by atoms with van der Waals surface area (Å²) in [5.74, 6) is -1.45. The van der Waals surface area contributed by atoms with Gasteiger partial charge in [-0.05, 0) is 97.4 Å². The van der Waals surface area contributed by atoms with E-state index >= 15 is 4.39 Å². The number of amides is 2. The van der Waals surface area contributed by atoms with Crippen molar-refractivity contribution in [2.75, 3.05) is 19.6 Å². The Balaban J connectivity index is 1.30. The van der Waals surface area contributed by atoms with E-state index in [1.807, 2.05) is 54.0 Å². The summed E-state index contributed by atoms with van der Waals surface area (Å²) in [5, 5.41) is 2.42. The van der Waals surface area contributed by atoms with Crippen LogP contribution in [0.1, 0.15) is 85.3 Å². The Morgan fingerprint density at radius 2 is 1.69 bits per heavy atom. The molecule has 2 fully saturated rings. The molecule has 1 aromatic carbocycles. The molecule has 5 atom stereocenters. The SMILES string of the molecule is Cc1ccc(CN2CC[C@@H](N3CC[C@@H](C4(C)C=CC(OC(=O)C[C@H](NC(=O)OC(C)(C)C)C(=O)OC(C)(C)C)=CC4)[C@H](F)C3)C2=O)cc1. The molecule has 10 nitrogen and oxygen atoms in total. The number of benzene rings is 1. The average molecular weight is 670 g/mol. The van der Waals surface area contributed by atoms with Gasteiger partial charge in [0, 0.05) is 25.6 Å². The van der Waals surface area contributed by atoms with Gasteiger partial charge in [-0.2, -0.15) is 0 Å². The van der Waals surface area contributed by atoms with Gasteiger partial charge in [0.15, 0.2) is 0 Å². The lowest BCUT2D eigenvalue weighted by Crippen LogP contribution is -2.52. The van der Waals surface area contributed by atoms with Crippen molar-refractivity contribution in [3.63, 3.8) is 0 Å². The average Bonchev–Trinajstić information content (AvgIpc) is 3.32. The highest BCUT2D eigenvalue weighted by molar-refractivity contribution is 5.87. The van der Waals surface area contributed by atoms with E-state index in [4.69, 9.17) is 14.2 Å². The number of hydrogen-bond acceptors (Lipinski definition) is 8. The summed E-state index contributed by atoms with van der Waals surface area (Å²) < 4.78 is 32.0. The zero-order chi connectivity index (χ0) is 35.4. The smallest absolute Gasteiger partial charge is 0.408 e. The van der Waals surface area contributed by atoms with Crippen LogP contribution >= 0.6 is 0 Å². The summed E-state index contributed by atoms with van der Waals surface area (Å²) in [4.78, 5) is 55.3. The number of hydrogen-bond donors (Lipinski definition) is 1. The zero-order valence-electron chi connectivity index (χ0n) is 29.6. The van der Waals surface area contributed by atoms with Gasteiger partial charge in [0.25, 0.3) is 0 Å². The van der Waals surface area contributed by atoms with Crippen molar-refractivity contribution in [1.82, 2.24) is 15.1 Å². The van der Waals surface area contributed by atoms with E-state index in [-0.39, 0.29) is 30.2 Å². The van der Waals surface area contributed by atoms with Crippen LogP contribution < -0.4 is 5.32 Å². The molecule has 2 saturated heterocycles. The second-order valence-electron chi connectivity index (χ2n) is 15.5. The predicted octanol–water partition coefficient (Wildman–Crippen LogP) is 5.77. The van der Waals surface area contributed by atoms with Crippen molar-refractivity contribution in [3.05, 3.63) is 59.4 Å². The first-order valence-electron chi connectivity index (χ1n) is 16.9. The number of halogens is 1. The monoisotopic (exact) mass is 669 g/mol. The molecule has 4 rings (SSSR count). The van der Waals surface area contributed by atoms with E-state index in [1.54, 1.807) is 53.7 Å². The van der Waals surface area contributed by atoms with Crippen LogP contribution in [0.5, 0.6) is 0 Å². The van der Waals surface area contributed by atoms with Crippen LogP contribution in [-0.4, -0.2) is 82.8 Å². The van der Waals surface area contributed by atoms with Crippen LogP contribution in [0.25, 0.3) is 0 Å². The Labute approximate surface area is 284 Å². The minimum absolute atomic E-state index is 0.0644. The van der Waals surface area contributed by atoms with Crippen LogP contribution in [0.3, 0.4) is 0 Å². The highest BCUT2D eigenvalue weighted by Crippen LogP contribution is 2.44. The molecule has 264 valence electrons. The number of piperidine rings is 1. The van der Waals surface area contributed by atoms with Gasteiger partial charge in [0.1, 0.15) is 29.2 Å². The lowest BCUT2D eigenvalue weighted by Gasteiger charge is -2.45. The highest BCUT2D eigenvalue weighted by Gasteiger charge is 2.45. The molecule has 2 amide bonds. The fourth-order valence-corrected chi connectivity index (χ4v) is 6.52. The van der Waals surface area contributed by atoms with Gasteiger partial charge in [0.2, 0.25) is 5.91 Å². The van der Waals surface area contributed by atoms with Gasteiger partial charge < -0.3 is 24.4 Å². The quantitative estimate of drug-likeness (QED) is 0.260. The molecule has 1 N–H and O–H groups in total. The third-order valence-electron chi connectivity index (χ3n) is 8.98. The summed E-state index contributed by atoms with van der Waals surface area (Å²) >= 11 is 0. The minimum atomic E-state index is -1.32. The van der Waals surface area contributed by atoms with Gasteiger partial charge in [-0.3, -0.25) is 14.5 Å². The molecule has 1 aromatic rings. The van der Waals surface area contributed by atoms with Crippen molar-refractivity contribution < 1.29 is 37.8 Å². The lowest BCUT2D eigenvalue weighted by atomic mass is 9.68. The molecule has 0 spiro atoms. The van der Waals surface area contributed by atoms with E-state index in [9.17, 15) is 19.2 Å². The van der Waals surface area contributed by atoms with Crippen molar-refractivity contribution >= 4 is 23.9 Å². The summed E-state index contributed by atoms with van der Waals surface area (Å²) in [6.07, 6.45) is 4.59. The first kappa shape index (κ1) is 37.1. The maximum atomic E-state index is 15.8. The van der Waals surface area contributed by atoms with Gasteiger partial charge >= 0.3 is 18.0 Å². The standard InChI is InChI=1S/C37H52FN3O7/c1-24-9-11-25(12-10-24)22-41-20-16-30(32(41)43)40-19-15-27(28(38)23-40)37(8)17-13-26(14-18-37)46-31(42)21-29(33(44)47-35(2,3)4)39-34(45)48-36(5,6)7/h9-14,17,27-30H,15-16,18-23H2,1-8H3,(H,39,45)/t27-,28-,29+,30-,37?/m1/s1. The molecular weight excluding hydrogens is 617 g/mol. The number of alkyl halides is 1. The van der Waals surface area contributed by atoms with Gasteiger partial charge in [-0.25, -0.2) is 14.0 Å². The molecular formula is C37H52FN3O7. The number of esters is 2. The zero-order valence-corrected chi connectivity index (χ0v) is 29.6. The molecule has 2 aliphatic heterocycles. The molecule has 0 radical (unpaired) electrons. The topological polar surface area (TPSA) is 114 Å². The summed E-state index contributed by atoms with van der Waals surface area (Å²) in [6.45, 7) is 16.2. The first-order chi connectivity index (χ1) is 22.3. The van der Waals surface area contributed by atoms with Crippen molar-refractivity contribution in [1.29, 1.82) is 0 Å². The first-order valence-corrected chi connectivity index (χ1v) is 16.9. The third-order valence-corrected chi connectivity index (χ3v) is 8.98. The molecule has 2 heterocycles. The van der Waals surface area contributed by atoms with E-state index in [1.165, 1.54) is 5.56 Å². The van der Waals surface area contributed by atoms with Gasteiger partial charge in [-0.1, -0.05) is 42.8 Å². The molecule has 1 unspecified atom stereocenters. The van der Waals surface area contributed by atoms with Crippen molar-refractivity contribution in [2.45, 2.75) is 117 Å². The summed E-state index contributed by atoms with van der Waals surface area (Å²) in [5.41, 5.74) is 0.114. The number of allylic oxidation sites excluding steroid dienone is 3. The van der Waals surface area contributed by atoms with Crippen LogP contribution in [-0.2, 0) is 35.1 Å². The maximum absolute atomic E-state index is 15.8. The lowest BCUT2D eigenvalue weighted by molar-refractivity contribution is -0.160. The Morgan fingerprint density at radius 1 is 1.02 bits per heavy atom. The number of rotatable bonds is 9. The van der Waals surface area contributed by atoms with Crippen molar-refractivity contribution in [2.24, 2.45) is 11.3 Å². The van der Waals surface area contributed by atoms with E-state index in [0.717, 1.165) is 5.56 Å². The van der Waals surface area contributed by atoms with Gasteiger partial charge in [-0.15, -0.1) is 0 Å². The molecule has 1 aliphatic carbocycles. The van der Waals surface area contributed by atoms with Crippen LogP contribution in [0.4, 0.5) is 9.18 Å². The number of aryl methyl sites for hydroxylation is 1. The summed E-state index contributed by atoms with van der Waals surface area (Å²) in [7, 11) is 0.